The van der Waals surface area contributed by atoms with Gasteiger partial charge < -0.3 is 14.6 Å². The van der Waals surface area contributed by atoms with Gasteiger partial charge in [-0.3, -0.25) is 4.98 Å². The van der Waals surface area contributed by atoms with Crippen molar-refractivity contribution in [2.45, 2.75) is 42.0 Å². The summed E-state index contributed by atoms with van der Waals surface area (Å²) in [6, 6.07) is 24.1. The highest BCUT2D eigenvalue weighted by Crippen LogP contribution is 2.45. The van der Waals surface area contributed by atoms with Crippen LogP contribution in [-0.2, 0) is 15.6 Å². The van der Waals surface area contributed by atoms with E-state index >= 15 is 0 Å². The molecule has 7 nitrogen and oxygen atoms in total. The van der Waals surface area contributed by atoms with Gasteiger partial charge in [0.25, 0.3) is 0 Å². The maximum atomic E-state index is 13.6. The largest absolute Gasteiger partial charge is 0.490 e. The molecular weight excluding hydrogens is 613 g/mol. The fraction of sp³-hybridized carbons (Fsp3) is 0.219. The number of benzene rings is 3. The fourth-order valence-electron chi connectivity index (χ4n) is 5.32. The third kappa shape index (κ3) is 5.65. The van der Waals surface area contributed by atoms with E-state index in [0.717, 1.165) is 33.5 Å². The number of alkyl halides is 3. The van der Waals surface area contributed by atoms with Crippen LogP contribution in [0.3, 0.4) is 0 Å². The van der Waals surface area contributed by atoms with Gasteiger partial charge in [0.15, 0.2) is 17.1 Å². The van der Waals surface area contributed by atoms with E-state index in [4.69, 9.17) is 14.6 Å². The van der Waals surface area contributed by atoms with Crippen LogP contribution in [0.15, 0.2) is 96.0 Å². The molecule has 0 saturated carbocycles. The summed E-state index contributed by atoms with van der Waals surface area (Å²) < 4.78 is 77.8. The summed E-state index contributed by atoms with van der Waals surface area (Å²) in [5.74, 6) is 0.407. The van der Waals surface area contributed by atoms with E-state index in [-0.39, 0.29) is 28.7 Å². The van der Waals surface area contributed by atoms with Crippen LogP contribution in [0.5, 0.6) is 11.5 Å². The van der Waals surface area contributed by atoms with Crippen molar-refractivity contribution in [3.8, 4) is 22.8 Å². The van der Waals surface area contributed by atoms with Gasteiger partial charge in [0.05, 0.1) is 23.1 Å². The Kier molecular flexibility index (Phi) is 7.65. The molecule has 3 aromatic carbocycles. The lowest BCUT2D eigenvalue weighted by molar-refractivity contribution is -0.258. The smallest absolute Gasteiger partial charge is 0.421 e. The highest BCUT2D eigenvalue weighted by Gasteiger charge is 2.51. The Bertz CT molecular complexity index is 1940. The molecule has 2 aromatic heterocycles. The summed E-state index contributed by atoms with van der Waals surface area (Å²) in [5.41, 5.74) is -1.42. The summed E-state index contributed by atoms with van der Waals surface area (Å²) in [6.45, 7) is 0.992. The van der Waals surface area contributed by atoms with Crippen molar-refractivity contribution in [1.82, 2.24) is 4.98 Å². The molecule has 1 aliphatic heterocycles. The van der Waals surface area contributed by atoms with Crippen LogP contribution in [0.25, 0.3) is 21.3 Å². The fourth-order valence-corrected chi connectivity index (χ4v) is 7.21. The van der Waals surface area contributed by atoms with Gasteiger partial charge in [0.2, 0.25) is 10.0 Å². The summed E-state index contributed by atoms with van der Waals surface area (Å²) in [4.78, 5) is 5.23. The van der Waals surface area contributed by atoms with Gasteiger partial charge in [-0.05, 0) is 53.8 Å². The number of rotatable bonds is 6. The molecule has 12 heteroatoms. The first-order valence-electron chi connectivity index (χ1n) is 13.6. The Morgan fingerprint density at radius 2 is 1.77 bits per heavy atom. The summed E-state index contributed by atoms with van der Waals surface area (Å²) >= 11 is 1.49. The lowest BCUT2D eigenvalue weighted by atomic mass is 9.89. The molecule has 0 saturated heterocycles. The second-order valence-electron chi connectivity index (χ2n) is 10.7. The molecule has 0 bridgehead atoms. The molecule has 3 N–H and O–H groups in total. The SMILES string of the molecule is C[C@](O)(c1ccnc(-c2cccc3cc([C@@H](c4ccccc4)C4CCOc5cc(S(N)(=O)=O)ccc5O4)sc23)c1)C(F)(F)F. The van der Waals surface area contributed by atoms with E-state index in [2.05, 4.69) is 4.98 Å². The zero-order valence-corrected chi connectivity index (χ0v) is 24.9. The number of nitrogens with two attached hydrogens (primary N) is 1. The van der Waals surface area contributed by atoms with Crippen LogP contribution in [0.1, 0.15) is 35.3 Å². The van der Waals surface area contributed by atoms with Crippen molar-refractivity contribution in [3.05, 3.63) is 107 Å². The Labute approximate surface area is 255 Å². The number of halogens is 3. The van der Waals surface area contributed by atoms with Gasteiger partial charge >= 0.3 is 6.18 Å². The average Bonchev–Trinajstić information content (AvgIpc) is 3.30. The molecule has 0 amide bonds. The van der Waals surface area contributed by atoms with Crippen molar-refractivity contribution in [2.24, 2.45) is 5.14 Å². The third-order valence-electron chi connectivity index (χ3n) is 7.73. The zero-order valence-electron chi connectivity index (χ0n) is 23.3. The molecule has 6 rings (SSSR count). The first-order valence-corrected chi connectivity index (χ1v) is 16.0. The molecule has 228 valence electrons. The van der Waals surface area contributed by atoms with Crippen LogP contribution in [0.2, 0.25) is 0 Å². The molecule has 0 aliphatic carbocycles. The third-order valence-corrected chi connectivity index (χ3v) is 9.91. The predicted molar refractivity (Wildman–Crippen MR) is 161 cm³/mol. The van der Waals surface area contributed by atoms with Crippen molar-refractivity contribution in [2.75, 3.05) is 6.61 Å². The maximum Gasteiger partial charge on any atom is 0.421 e. The lowest BCUT2D eigenvalue weighted by Gasteiger charge is -2.26. The highest BCUT2D eigenvalue weighted by molar-refractivity contribution is 7.89. The summed E-state index contributed by atoms with van der Waals surface area (Å²) in [7, 11) is -3.93. The standard InChI is InChI=1S/C32H27F3N2O5S2/c1-31(38,32(33,34)35)21-12-14-37-24(17-21)23-9-5-8-20-16-28(43-30(20)23)29(19-6-3-2-4-7-19)26-13-15-41-27-18-22(44(36,39)40)10-11-25(27)42-26/h2-12,14,16-18,26,29,38H,13,15H2,1H3,(H2,36,39,40)/t26?,29-,31-/m0/s1. The van der Waals surface area contributed by atoms with Crippen molar-refractivity contribution < 1.29 is 36.2 Å². The van der Waals surface area contributed by atoms with Gasteiger partial charge in [0, 0.05) is 33.8 Å². The van der Waals surface area contributed by atoms with Crippen molar-refractivity contribution >= 4 is 31.4 Å². The zero-order chi connectivity index (χ0) is 31.3. The second kappa shape index (κ2) is 11.2. The topological polar surface area (TPSA) is 112 Å². The number of hydrogen-bond acceptors (Lipinski definition) is 7. The molecule has 1 unspecified atom stereocenters. The number of aromatic nitrogens is 1. The predicted octanol–water partition coefficient (Wildman–Crippen LogP) is 6.74. The number of pyridine rings is 1. The molecule has 5 aromatic rings. The Hall–Kier alpha value is -3.97. The van der Waals surface area contributed by atoms with E-state index in [1.165, 1.54) is 41.8 Å². The minimum absolute atomic E-state index is 0.0793. The summed E-state index contributed by atoms with van der Waals surface area (Å²) in [6.07, 6.45) is -3.52. The Balaban J connectivity index is 1.43. The van der Waals surface area contributed by atoms with E-state index in [9.17, 15) is 26.7 Å². The number of thiophene rings is 1. The number of sulfonamides is 1. The second-order valence-corrected chi connectivity index (χ2v) is 13.4. The number of ether oxygens (including phenoxy) is 2. The summed E-state index contributed by atoms with van der Waals surface area (Å²) in [5, 5.41) is 16.5. The van der Waals surface area contributed by atoms with E-state index in [1.54, 1.807) is 6.07 Å². The molecule has 44 heavy (non-hydrogen) atoms. The number of nitrogens with zero attached hydrogens (tertiary/aromatic N) is 1. The number of hydrogen-bond donors (Lipinski definition) is 2. The van der Waals surface area contributed by atoms with Gasteiger partial charge in [-0.2, -0.15) is 13.2 Å². The van der Waals surface area contributed by atoms with Gasteiger partial charge in [-0.1, -0.05) is 48.5 Å². The minimum Gasteiger partial charge on any atom is -0.490 e. The molecule has 3 heterocycles. The Morgan fingerprint density at radius 3 is 2.50 bits per heavy atom. The quantitative estimate of drug-likeness (QED) is 0.213. The monoisotopic (exact) mass is 640 g/mol. The molecule has 3 atom stereocenters. The van der Waals surface area contributed by atoms with Crippen LogP contribution < -0.4 is 14.6 Å². The maximum absolute atomic E-state index is 13.6. The van der Waals surface area contributed by atoms with E-state index in [1.807, 2.05) is 48.5 Å². The average molecular weight is 641 g/mol. The number of aliphatic hydroxyl groups is 1. The van der Waals surface area contributed by atoms with E-state index in [0.29, 0.717) is 23.4 Å². The first-order chi connectivity index (χ1) is 20.8. The minimum atomic E-state index is -4.86. The van der Waals surface area contributed by atoms with Crippen LogP contribution in [-0.4, -0.2) is 37.4 Å². The number of fused-ring (bicyclic) bond motifs is 2. The Morgan fingerprint density at radius 1 is 1.00 bits per heavy atom. The van der Waals surface area contributed by atoms with Crippen molar-refractivity contribution in [1.29, 1.82) is 0 Å². The van der Waals surface area contributed by atoms with Gasteiger partial charge in [-0.15, -0.1) is 11.3 Å². The van der Waals surface area contributed by atoms with Crippen molar-refractivity contribution in [3.63, 3.8) is 0 Å². The first kappa shape index (κ1) is 30.1. The number of primary sulfonamides is 1. The molecule has 0 spiro atoms. The van der Waals surface area contributed by atoms with Crippen LogP contribution >= 0.6 is 11.3 Å². The lowest BCUT2D eigenvalue weighted by Crippen LogP contribution is -2.39. The van der Waals surface area contributed by atoms with E-state index < -0.39 is 27.9 Å². The normalized spacial score (nSPS) is 17.5. The molecular formula is C32H27F3N2O5S2. The molecule has 1 aliphatic rings. The van der Waals surface area contributed by atoms with Gasteiger partial charge in [-0.25, -0.2) is 13.6 Å². The van der Waals surface area contributed by atoms with Crippen LogP contribution in [0.4, 0.5) is 13.2 Å². The highest BCUT2D eigenvalue weighted by atomic mass is 32.2. The molecule has 0 fully saturated rings. The van der Waals surface area contributed by atoms with Gasteiger partial charge in [0.1, 0.15) is 6.10 Å². The van der Waals surface area contributed by atoms with Crippen LogP contribution in [0, 0.1) is 0 Å². The molecule has 0 radical (unpaired) electrons.